The predicted molar refractivity (Wildman–Crippen MR) is 132 cm³/mol. The fourth-order valence-electron chi connectivity index (χ4n) is 2.88. The molecule has 1 unspecified atom stereocenters. The molecule has 2 aliphatic rings. The Morgan fingerprint density at radius 3 is 1.60 bits per heavy atom. The number of halogens is 2. The molecule has 2 aromatic carbocycles. The summed E-state index contributed by atoms with van der Waals surface area (Å²) in [5.41, 5.74) is 6.91. The molecule has 2 aromatic rings. The maximum atomic E-state index is 3.36. The SMILES string of the molecule is CC1=[C-]C(C)C(C)=C1C.Cl.Cl.[C-]1=CC=CC1.[Zr+2]=[C](c1ccccc1)c1ccccc1. The average molecular weight is 517 g/mol. The molecule has 4 rings (SSSR count). The number of allylic oxidation sites excluding steroid dienone is 8. The molecule has 0 heterocycles. The van der Waals surface area contributed by atoms with Crippen molar-refractivity contribution in [1.82, 2.24) is 0 Å². The minimum absolute atomic E-state index is 0. The van der Waals surface area contributed by atoms with E-state index in [4.69, 9.17) is 0 Å². The Hall–Kier alpha value is -1.27. The van der Waals surface area contributed by atoms with Gasteiger partial charge in [0.25, 0.3) is 0 Å². The normalized spacial score (nSPS) is 15.7. The van der Waals surface area contributed by atoms with E-state index < -0.39 is 0 Å². The molecule has 156 valence electrons. The van der Waals surface area contributed by atoms with Crippen molar-refractivity contribution in [1.29, 1.82) is 0 Å². The van der Waals surface area contributed by atoms with Crippen LogP contribution in [0.1, 0.15) is 45.2 Å². The van der Waals surface area contributed by atoms with E-state index in [1.54, 1.807) is 0 Å². The van der Waals surface area contributed by atoms with Crippen LogP contribution in [0.5, 0.6) is 0 Å². The Morgan fingerprint density at radius 1 is 0.867 bits per heavy atom. The molecular formula is C27H30Cl2Zr. The monoisotopic (exact) mass is 514 g/mol. The van der Waals surface area contributed by atoms with Crippen LogP contribution in [0.25, 0.3) is 0 Å². The van der Waals surface area contributed by atoms with Crippen molar-refractivity contribution in [3.05, 3.63) is 119 Å². The summed E-state index contributed by atoms with van der Waals surface area (Å²) in [6.07, 6.45) is 13.4. The molecule has 0 amide bonds. The molecule has 0 bridgehead atoms. The molecule has 0 radical (unpaired) electrons. The minimum atomic E-state index is 0. The first-order valence-electron chi connectivity index (χ1n) is 9.69. The van der Waals surface area contributed by atoms with Gasteiger partial charge in [-0.3, -0.25) is 12.2 Å². The molecule has 0 aromatic heterocycles. The van der Waals surface area contributed by atoms with Crippen molar-refractivity contribution in [3.63, 3.8) is 0 Å². The first-order chi connectivity index (χ1) is 13.5. The van der Waals surface area contributed by atoms with Gasteiger partial charge in [0.1, 0.15) is 0 Å². The summed E-state index contributed by atoms with van der Waals surface area (Å²) >= 11 is 1.46. The molecule has 1 atom stereocenters. The molecule has 0 N–H and O–H groups in total. The van der Waals surface area contributed by atoms with Crippen molar-refractivity contribution in [2.75, 3.05) is 0 Å². The summed E-state index contributed by atoms with van der Waals surface area (Å²) in [7, 11) is 0. The van der Waals surface area contributed by atoms with Crippen molar-refractivity contribution in [3.8, 4) is 0 Å². The van der Waals surface area contributed by atoms with E-state index >= 15 is 0 Å². The van der Waals surface area contributed by atoms with Gasteiger partial charge in [0.05, 0.1) is 0 Å². The van der Waals surface area contributed by atoms with Gasteiger partial charge in [-0.25, -0.2) is 17.7 Å². The Morgan fingerprint density at radius 2 is 1.37 bits per heavy atom. The summed E-state index contributed by atoms with van der Waals surface area (Å²) < 4.78 is 1.42. The first-order valence-corrected chi connectivity index (χ1v) is 10.9. The summed E-state index contributed by atoms with van der Waals surface area (Å²) in [6, 6.07) is 21.1. The van der Waals surface area contributed by atoms with Crippen LogP contribution < -0.4 is 0 Å². The second-order valence-electron chi connectivity index (χ2n) is 6.91. The zero-order chi connectivity index (χ0) is 20.4. The molecule has 0 fully saturated rings. The third kappa shape index (κ3) is 9.26. The zero-order valence-electron chi connectivity index (χ0n) is 18.1. The van der Waals surface area contributed by atoms with Crippen LogP contribution in [0.4, 0.5) is 0 Å². The van der Waals surface area contributed by atoms with Crippen molar-refractivity contribution >= 4 is 28.0 Å². The Kier molecular flexibility index (Phi) is 14.9. The number of hydrogen-bond donors (Lipinski definition) is 0. The van der Waals surface area contributed by atoms with Gasteiger partial charge < -0.3 is 0 Å². The molecule has 0 saturated heterocycles. The van der Waals surface area contributed by atoms with E-state index in [9.17, 15) is 0 Å². The van der Waals surface area contributed by atoms with Crippen LogP contribution in [-0.2, 0) is 24.2 Å². The fourth-order valence-corrected chi connectivity index (χ4v) is 3.70. The van der Waals surface area contributed by atoms with Gasteiger partial charge in [-0.05, 0) is 0 Å². The first kappa shape index (κ1) is 28.7. The van der Waals surface area contributed by atoms with Crippen LogP contribution >= 0.6 is 24.8 Å². The summed E-state index contributed by atoms with van der Waals surface area (Å²) in [5.74, 6) is 0.560. The van der Waals surface area contributed by atoms with Crippen LogP contribution in [-0.4, -0.2) is 3.21 Å². The molecule has 0 aliphatic heterocycles. The second-order valence-corrected chi connectivity index (χ2v) is 8.14. The zero-order valence-corrected chi connectivity index (χ0v) is 22.2. The number of benzene rings is 2. The Bertz CT molecular complexity index is 839. The van der Waals surface area contributed by atoms with E-state index in [-0.39, 0.29) is 24.8 Å². The van der Waals surface area contributed by atoms with E-state index in [0.29, 0.717) is 5.92 Å². The summed E-state index contributed by atoms with van der Waals surface area (Å²) in [5, 5.41) is 0. The van der Waals surface area contributed by atoms with Crippen molar-refractivity contribution in [2.24, 2.45) is 5.92 Å². The Balaban J connectivity index is 0.000000454. The molecule has 0 spiro atoms. The van der Waals surface area contributed by atoms with Gasteiger partial charge in [0.2, 0.25) is 0 Å². The van der Waals surface area contributed by atoms with Crippen molar-refractivity contribution in [2.45, 2.75) is 34.1 Å². The van der Waals surface area contributed by atoms with E-state index in [1.807, 2.05) is 12.2 Å². The second kappa shape index (κ2) is 15.5. The number of rotatable bonds is 2. The van der Waals surface area contributed by atoms with Crippen LogP contribution in [0.2, 0.25) is 0 Å². The van der Waals surface area contributed by atoms with Gasteiger partial charge in [0, 0.05) is 0 Å². The predicted octanol–water partition coefficient (Wildman–Crippen LogP) is 7.67. The van der Waals surface area contributed by atoms with Crippen LogP contribution in [0.15, 0.2) is 95.6 Å². The fraction of sp³-hybridized carbons (Fsp3) is 0.222. The van der Waals surface area contributed by atoms with E-state index in [1.165, 1.54) is 55.3 Å². The van der Waals surface area contributed by atoms with Gasteiger partial charge in [-0.15, -0.1) is 38.2 Å². The van der Waals surface area contributed by atoms with Crippen LogP contribution in [0, 0.1) is 18.1 Å². The van der Waals surface area contributed by atoms with Crippen molar-refractivity contribution < 1.29 is 24.2 Å². The molecule has 3 heteroatoms. The van der Waals surface area contributed by atoms with Crippen LogP contribution in [0.3, 0.4) is 0 Å². The number of hydrogen-bond acceptors (Lipinski definition) is 0. The summed E-state index contributed by atoms with van der Waals surface area (Å²) in [4.78, 5) is 0. The van der Waals surface area contributed by atoms with Gasteiger partial charge >= 0.3 is 99.2 Å². The quantitative estimate of drug-likeness (QED) is 0.359. The third-order valence-electron chi connectivity index (χ3n) is 4.95. The summed E-state index contributed by atoms with van der Waals surface area (Å²) in [6.45, 7) is 8.67. The maximum absolute atomic E-state index is 3.36. The standard InChI is InChI=1S/C13H10.C9H13.C5H5.2ClH.Zr/c1-3-7-12(8-4-1)11-13-9-5-2-6-10-13;1-6-5-7(2)9(4)8(6)3;1-2-4-5-3-1;;;/h1-10H;6H,1-4H3;1-3H,4H2;2*1H;/q;2*-1;;;+2. The molecule has 0 nitrogen and oxygen atoms in total. The van der Waals surface area contributed by atoms with E-state index in [2.05, 4.69) is 107 Å². The molecular weight excluding hydrogens is 486 g/mol. The molecule has 2 aliphatic carbocycles. The van der Waals surface area contributed by atoms with Gasteiger partial charge in [-0.1, -0.05) is 26.7 Å². The Labute approximate surface area is 210 Å². The van der Waals surface area contributed by atoms with E-state index in [0.717, 1.165) is 6.42 Å². The topological polar surface area (TPSA) is 0 Å². The third-order valence-corrected chi connectivity index (χ3v) is 6.37. The van der Waals surface area contributed by atoms with Gasteiger partial charge in [0.15, 0.2) is 0 Å². The molecule has 0 saturated carbocycles. The molecule has 30 heavy (non-hydrogen) atoms. The average Bonchev–Trinajstić information content (AvgIpc) is 3.39. The van der Waals surface area contributed by atoms with Gasteiger partial charge in [-0.2, -0.15) is 17.2 Å².